The van der Waals surface area contributed by atoms with E-state index in [4.69, 9.17) is 9.94 Å². The number of hydrogen-bond donors (Lipinski definition) is 2. The van der Waals surface area contributed by atoms with Crippen LogP contribution in [0.25, 0.3) is 17.7 Å². The number of fused-ring (bicyclic) bond motifs is 1. The summed E-state index contributed by atoms with van der Waals surface area (Å²) in [5.74, 6) is 0.527. The zero-order valence-corrected chi connectivity index (χ0v) is 21.4. The van der Waals surface area contributed by atoms with Crippen molar-refractivity contribution in [3.05, 3.63) is 61.5 Å². The van der Waals surface area contributed by atoms with Crippen molar-refractivity contribution in [1.82, 2.24) is 30.3 Å². The van der Waals surface area contributed by atoms with Crippen molar-refractivity contribution < 1.29 is 14.7 Å². The van der Waals surface area contributed by atoms with Gasteiger partial charge in [0.2, 0.25) is 0 Å². The Bertz CT molecular complexity index is 1410. The quantitative estimate of drug-likeness (QED) is 0.553. The predicted octanol–water partition coefficient (Wildman–Crippen LogP) is 1.38. The number of aliphatic hydroxyl groups is 1. The Kier molecular flexibility index (Phi) is 5.90. The Balaban J connectivity index is 1.64. The molecule has 2 aliphatic heterocycles. The summed E-state index contributed by atoms with van der Waals surface area (Å²) in [5, 5.41) is 19.2. The van der Waals surface area contributed by atoms with Gasteiger partial charge in [0.05, 0.1) is 22.3 Å². The summed E-state index contributed by atoms with van der Waals surface area (Å²) in [5.41, 5.74) is 6.96. The SMILES string of the molecule is CCC1=c2sc(Cc3c(C)nn(-c4ccccn4)c3C)c(C(=O)N3C[C@](C)(O)CO3)c2=CN(C)N1. The number of pyridine rings is 1. The molecule has 5 rings (SSSR count). The molecular weight excluding hydrogens is 464 g/mol. The molecule has 9 nitrogen and oxygen atoms in total. The number of nitrogens with one attached hydrogen (secondary N) is 1. The summed E-state index contributed by atoms with van der Waals surface area (Å²) in [6, 6.07) is 5.75. The fourth-order valence-corrected chi connectivity index (χ4v) is 5.93. The van der Waals surface area contributed by atoms with Gasteiger partial charge in [-0.05, 0) is 39.3 Å². The maximum absolute atomic E-state index is 13.8. The van der Waals surface area contributed by atoms with Gasteiger partial charge in [-0.3, -0.25) is 14.6 Å². The Labute approximate surface area is 207 Å². The third kappa shape index (κ3) is 4.22. The van der Waals surface area contributed by atoms with Gasteiger partial charge in [-0.15, -0.1) is 11.3 Å². The Morgan fingerprint density at radius 3 is 2.80 bits per heavy atom. The van der Waals surface area contributed by atoms with Crippen LogP contribution in [-0.4, -0.2) is 61.7 Å². The number of aromatic nitrogens is 3. The van der Waals surface area contributed by atoms with Crippen molar-refractivity contribution in [3.8, 4) is 5.82 Å². The molecule has 3 aromatic heterocycles. The molecule has 0 radical (unpaired) electrons. The third-order valence-electron chi connectivity index (χ3n) is 6.38. The van der Waals surface area contributed by atoms with Gasteiger partial charge in [-0.1, -0.05) is 13.0 Å². The number of hydrazine groups is 1. The average molecular weight is 495 g/mol. The van der Waals surface area contributed by atoms with Gasteiger partial charge in [0.1, 0.15) is 12.2 Å². The molecule has 0 aromatic carbocycles. The monoisotopic (exact) mass is 494 g/mol. The molecule has 0 saturated carbocycles. The molecule has 1 saturated heterocycles. The van der Waals surface area contributed by atoms with E-state index in [-0.39, 0.29) is 19.1 Å². The van der Waals surface area contributed by atoms with E-state index < -0.39 is 5.60 Å². The van der Waals surface area contributed by atoms with Crippen LogP contribution in [0.15, 0.2) is 24.4 Å². The van der Waals surface area contributed by atoms with Gasteiger partial charge in [0.15, 0.2) is 5.82 Å². The van der Waals surface area contributed by atoms with E-state index in [1.165, 1.54) is 5.06 Å². The van der Waals surface area contributed by atoms with Crippen molar-refractivity contribution >= 4 is 29.1 Å². The molecule has 0 aliphatic carbocycles. The number of carbonyl (C=O) groups is 1. The van der Waals surface area contributed by atoms with Crippen molar-refractivity contribution in [1.29, 1.82) is 0 Å². The summed E-state index contributed by atoms with van der Waals surface area (Å²) in [7, 11) is 1.92. The van der Waals surface area contributed by atoms with Gasteiger partial charge in [-0.2, -0.15) is 5.10 Å². The lowest BCUT2D eigenvalue weighted by molar-refractivity contribution is -0.0798. The molecule has 2 N–H and O–H groups in total. The van der Waals surface area contributed by atoms with Crippen LogP contribution in [0.4, 0.5) is 0 Å². The molecule has 10 heteroatoms. The number of carbonyl (C=O) groups excluding carboxylic acids is 1. The molecule has 0 spiro atoms. The van der Waals surface area contributed by atoms with E-state index in [2.05, 4.69) is 17.3 Å². The van der Waals surface area contributed by atoms with Crippen molar-refractivity contribution in [2.75, 3.05) is 20.2 Å². The highest BCUT2D eigenvalue weighted by Crippen LogP contribution is 2.26. The highest BCUT2D eigenvalue weighted by atomic mass is 32.1. The minimum absolute atomic E-state index is 0.0902. The lowest BCUT2D eigenvalue weighted by Crippen LogP contribution is -2.45. The first kappa shape index (κ1) is 23.5. The number of rotatable bonds is 5. The van der Waals surface area contributed by atoms with E-state index in [0.29, 0.717) is 12.0 Å². The first-order valence-electron chi connectivity index (χ1n) is 11.7. The molecule has 1 amide bonds. The molecule has 3 aromatic rings. The second kappa shape index (κ2) is 8.78. The lowest BCUT2D eigenvalue weighted by atomic mass is 10.0. The first-order chi connectivity index (χ1) is 16.7. The second-order valence-electron chi connectivity index (χ2n) is 9.36. The van der Waals surface area contributed by atoms with Crippen molar-refractivity contribution in [3.63, 3.8) is 0 Å². The molecule has 2 aliphatic rings. The zero-order valence-electron chi connectivity index (χ0n) is 20.6. The average Bonchev–Trinajstić information content (AvgIpc) is 3.47. The van der Waals surface area contributed by atoms with Crippen LogP contribution in [-0.2, 0) is 11.3 Å². The third-order valence-corrected chi connectivity index (χ3v) is 7.65. The fourth-order valence-electron chi connectivity index (χ4n) is 4.59. The van der Waals surface area contributed by atoms with E-state index in [0.717, 1.165) is 49.5 Å². The van der Waals surface area contributed by atoms with Crippen LogP contribution < -0.4 is 15.2 Å². The molecule has 1 atom stereocenters. The Hall–Kier alpha value is -3.21. The summed E-state index contributed by atoms with van der Waals surface area (Å²) in [4.78, 5) is 24.8. The van der Waals surface area contributed by atoms with Crippen LogP contribution in [0.3, 0.4) is 0 Å². The predicted molar refractivity (Wildman–Crippen MR) is 134 cm³/mol. The maximum atomic E-state index is 13.8. The summed E-state index contributed by atoms with van der Waals surface area (Å²) in [6.45, 7) is 8.01. The molecule has 35 heavy (non-hydrogen) atoms. The maximum Gasteiger partial charge on any atom is 0.279 e. The topological polar surface area (TPSA) is 95.8 Å². The van der Waals surface area contributed by atoms with Gasteiger partial charge in [0.25, 0.3) is 5.91 Å². The van der Waals surface area contributed by atoms with Crippen LogP contribution in [0, 0.1) is 13.8 Å². The number of nitrogens with zero attached hydrogens (tertiary/aromatic N) is 5. The highest BCUT2D eigenvalue weighted by molar-refractivity contribution is 7.10. The Morgan fingerprint density at radius 1 is 1.34 bits per heavy atom. The van der Waals surface area contributed by atoms with Gasteiger partial charge in [0, 0.05) is 52.9 Å². The fraction of sp³-hybridized carbons (Fsp3) is 0.400. The zero-order chi connectivity index (χ0) is 24.9. The minimum atomic E-state index is -1.06. The number of hydroxylamine groups is 2. The molecule has 0 bridgehead atoms. The number of amides is 1. The highest BCUT2D eigenvalue weighted by Gasteiger charge is 2.38. The molecular formula is C25H30N6O3S. The standard InChI is InChI=1S/C25H30N6O3S/c1-6-19-23-18(12-29(5)28-19)22(24(32)30-13-25(4,33)14-34-30)20(35-23)11-17-15(2)27-31(16(17)3)21-9-7-8-10-26-21/h7-10,12,28,33H,6,11,13-14H2,1-5H3/t25-/m0/s1. The molecule has 1 fully saturated rings. The second-order valence-corrected chi connectivity index (χ2v) is 10.5. The van der Waals surface area contributed by atoms with E-state index in [1.54, 1.807) is 24.5 Å². The van der Waals surface area contributed by atoms with Crippen molar-refractivity contribution in [2.45, 2.75) is 46.1 Å². The van der Waals surface area contributed by atoms with Crippen LogP contribution in [0.5, 0.6) is 0 Å². The number of thiophene rings is 1. The number of hydrogen-bond acceptors (Lipinski definition) is 8. The smallest absolute Gasteiger partial charge is 0.279 e. The lowest BCUT2D eigenvalue weighted by Gasteiger charge is -2.22. The van der Waals surface area contributed by atoms with E-state index >= 15 is 0 Å². The van der Waals surface area contributed by atoms with Crippen LogP contribution in [0.2, 0.25) is 0 Å². The Morgan fingerprint density at radius 2 is 2.14 bits per heavy atom. The molecule has 0 unspecified atom stereocenters. The van der Waals surface area contributed by atoms with Crippen LogP contribution in [0.1, 0.15) is 52.5 Å². The molecule has 5 heterocycles. The molecule has 184 valence electrons. The van der Waals surface area contributed by atoms with E-state index in [9.17, 15) is 9.90 Å². The minimum Gasteiger partial charge on any atom is -0.386 e. The summed E-state index contributed by atoms with van der Waals surface area (Å²) >= 11 is 1.63. The van der Waals surface area contributed by atoms with Gasteiger partial charge in [-0.25, -0.2) is 14.7 Å². The largest absolute Gasteiger partial charge is 0.386 e. The van der Waals surface area contributed by atoms with Gasteiger partial charge >= 0.3 is 0 Å². The van der Waals surface area contributed by atoms with E-state index in [1.807, 2.05) is 55.0 Å². The number of aryl methyl sites for hydroxylation is 1. The summed E-state index contributed by atoms with van der Waals surface area (Å²) in [6.07, 6.45) is 5.07. The van der Waals surface area contributed by atoms with Gasteiger partial charge < -0.3 is 10.5 Å². The first-order valence-corrected chi connectivity index (χ1v) is 12.5. The van der Waals surface area contributed by atoms with Crippen molar-refractivity contribution in [2.24, 2.45) is 0 Å². The number of β-amino-alcohol motifs (C(OH)–C–C–N with tert-alkyl or cyclic N) is 1. The van der Waals surface area contributed by atoms with Crippen LogP contribution >= 0.6 is 11.3 Å². The summed E-state index contributed by atoms with van der Waals surface area (Å²) < 4.78 is 2.91. The normalized spacial score (nSPS) is 19.5.